The molecule has 4 unspecified atom stereocenters. The second kappa shape index (κ2) is 58.4. The summed E-state index contributed by atoms with van der Waals surface area (Å²) < 4.78 is 68.1. The Hall–Kier alpha value is -1.94. The van der Waals surface area contributed by atoms with Gasteiger partial charge in [0.05, 0.1) is 26.4 Å². The summed E-state index contributed by atoms with van der Waals surface area (Å²) in [6.45, 7) is 9.46. The smallest absolute Gasteiger partial charge is 0.462 e. The van der Waals surface area contributed by atoms with Crippen LogP contribution in [0, 0.1) is 11.8 Å². The van der Waals surface area contributed by atoms with Gasteiger partial charge < -0.3 is 33.8 Å². The molecule has 3 N–H and O–H groups in total. The molecule has 85 heavy (non-hydrogen) atoms. The van der Waals surface area contributed by atoms with Gasteiger partial charge in [-0.2, -0.15) is 0 Å². The van der Waals surface area contributed by atoms with Crippen LogP contribution in [0.3, 0.4) is 0 Å². The summed E-state index contributed by atoms with van der Waals surface area (Å²) in [5.74, 6) is -0.634. The van der Waals surface area contributed by atoms with E-state index >= 15 is 0 Å². The average Bonchev–Trinajstić information content (AvgIpc) is 3.62. The number of carbonyl (C=O) groups excluding carboxylic acids is 4. The van der Waals surface area contributed by atoms with E-state index in [4.69, 9.17) is 37.0 Å². The minimum atomic E-state index is -4.95. The first-order valence-corrected chi connectivity index (χ1v) is 37.6. The molecule has 0 spiro atoms. The zero-order chi connectivity index (χ0) is 62.9. The van der Waals surface area contributed by atoms with Crippen molar-refractivity contribution in [2.45, 2.75) is 349 Å². The molecule has 0 aromatic heterocycles. The highest BCUT2D eigenvalue weighted by Crippen LogP contribution is 2.45. The van der Waals surface area contributed by atoms with Crippen LogP contribution in [0.5, 0.6) is 0 Å². The lowest BCUT2D eigenvalue weighted by Gasteiger charge is -2.21. The van der Waals surface area contributed by atoms with Crippen LogP contribution >= 0.6 is 15.6 Å². The molecule has 19 heteroatoms. The fraction of sp³-hybridized carbons (Fsp3) is 0.939. The van der Waals surface area contributed by atoms with Gasteiger partial charge in [0.2, 0.25) is 0 Å². The third-order valence-electron chi connectivity index (χ3n) is 15.9. The summed E-state index contributed by atoms with van der Waals surface area (Å²) in [6.07, 6.45) is 41.6. The maximum absolute atomic E-state index is 13.0. The normalized spacial score (nSPS) is 14.9. The molecule has 0 amide bonds. The number of hydrogen-bond donors (Lipinski definition) is 3. The summed E-state index contributed by atoms with van der Waals surface area (Å²) in [5, 5.41) is 10.6. The molecule has 0 aliphatic rings. The van der Waals surface area contributed by atoms with E-state index in [9.17, 15) is 43.2 Å². The Morgan fingerprint density at radius 1 is 0.329 bits per heavy atom. The van der Waals surface area contributed by atoms with Gasteiger partial charge in [-0.25, -0.2) is 9.13 Å². The number of phosphoric acid groups is 2. The van der Waals surface area contributed by atoms with Crippen molar-refractivity contribution in [3.63, 3.8) is 0 Å². The van der Waals surface area contributed by atoms with Crippen LogP contribution in [0.2, 0.25) is 0 Å². The van der Waals surface area contributed by atoms with Crippen LogP contribution in [-0.4, -0.2) is 96.7 Å². The Bertz CT molecular complexity index is 1670. The maximum atomic E-state index is 13.0. The number of carbonyl (C=O) groups is 4. The van der Waals surface area contributed by atoms with Crippen molar-refractivity contribution in [2.24, 2.45) is 11.8 Å². The highest BCUT2D eigenvalue weighted by atomic mass is 31.2. The highest BCUT2D eigenvalue weighted by molar-refractivity contribution is 7.47. The zero-order valence-electron chi connectivity index (χ0n) is 54.9. The van der Waals surface area contributed by atoms with Gasteiger partial charge in [-0.1, -0.05) is 279 Å². The van der Waals surface area contributed by atoms with Gasteiger partial charge in [0.1, 0.15) is 19.3 Å². The molecule has 7 atom stereocenters. The van der Waals surface area contributed by atoms with E-state index in [1.54, 1.807) is 0 Å². The molecule has 0 aromatic carbocycles. The van der Waals surface area contributed by atoms with Crippen LogP contribution in [0.15, 0.2) is 0 Å². The molecule has 17 nitrogen and oxygen atoms in total. The van der Waals surface area contributed by atoms with Crippen LogP contribution in [0.4, 0.5) is 0 Å². The number of aliphatic hydroxyl groups excluding tert-OH is 1. The summed E-state index contributed by atoms with van der Waals surface area (Å²) in [7, 11) is -9.89. The quantitative estimate of drug-likeness (QED) is 0.0222. The first kappa shape index (κ1) is 83.1. The summed E-state index contributed by atoms with van der Waals surface area (Å²) in [4.78, 5) is 72.3. The summed E-state index contributed by atoms with van der Waals surface area (Å²) in [5.41, 5.74) is 0. The zero-order valence-corrected chi connectivity index (χ0v) is 56.7. The van der Waals surface area contributed by atoms with E-state index in [-0.39, 0.29) is 25.7 Å². The fourth-order valence-electron chi connectivity index (χ4n) is 9.82. The highest BCUT2D eigenvalue weighted by Gasteiger charge is 2.30. The monoisotopic (exact) mass is 1250 g/mol. The van der Waals surface area contributed by atoms with Crippen molar-refractivity contribution >= 4 is 39.5 Å². The molecule has 0 heterocycles. The summed E-state index contributed by atoms with van der Waals surface area (Å²) >= 11 is 0. The predicted octanol–water partition coefficient (Wildman–Crippen LogP) is 18.4. The Morgan fingerprint density at radius 3 is 0.835 bits per heavy atom. The molecule has 0 saturated heterocycles. The third-order valence-corrected chi connectivity index (χ3v) is 17.8. The van der Waals surface area contributed by atoms with Crippen LogP contribution < -0.4 is 0 Å². The topological polar surface area (TPSA) is 237 Å². The van der Waals surface area contributed by atoms with E-state index in [1.165, 1.54) is 148 Å². The van der Waals surface area contributed by atoms with E-state index in [2.05, 4.69) is 41.5 Å². The largest absolute Gasteiger partial charge is 0.472 e. The molecular formula is C66H128O17P2. The number of rotatable bonds is 65. The Kier molecular flexibility index (Phi) is 57.1. The molecule has 0 fully saturated rings. The molecule has 0 aliphatic heterocycles. The molecule has 0 radical (unpaired) electrons. The number of esters is 4. The van der Waals surface area contributed by atoms with Gasteiger partial charge in [0, 0.05) is 25.7 Å². The maximum Gasteiger partial charge on any atom is 0.472 e. The second-order valence-corrected chi connectivity index (χ2v) is 27.2. The van der Waals surface area contributed by atoms with E-state index < -0.39 is 97.5 Å². The lowest BCUT2D eigenvalue weighted by molar-refractivity contribution is -0.161. The van der Waals surface area contributed by atoms with Gasteiger partial charge in [0.25, 0.3) is 0 Å². The number of aliphatic hydroxyl groups is 1. The lowest BCUT2D eigenvalue weighted by atomic mass is 9.99. The van der Waals surface area contributed by atoms with Crippen molar-refractivity contribution in [1.29, 1.82) is 0 Å². The summed E-state index contributed by atoms with van der Waals surface area (Å²) in [6, 6.07) is 0. The number of hydrogen-bond acceptors (Lipinski definition) is 15. The Morgan fingerprint density at radius 2 is 0.565 bits per heavy atom. The Balaban J connectivity index is 5.26. The third kappa shape index (κ3) is 58.2. The van der Waals surface area contributed by atoms with Gasteiger partial charge in [0.15, 0.2) is 12.2 Å². The van der Waals surface area contributed by atoms with Gasteiger partial charge in [-0.3, -0.25) is 37.3 Å². The van der Waals surface area contributed by atoms with Gasteiger partial charge in [-0.05, 0) is 37.5 Å². The molecule has 0 rings (SSSR count). The molecule has 0 saturated carbocycles. The van der Waals surface area contributed by atoms with Crippen molar-refractivity contribution in [1.82, 2.24) is 0 Å². The van der Waals surface area contributed by atoms with E-state index in [0.29, 0.717) is 25.7 Å². The fourth-order valence-corrected chi connectivity index (χ4v) is 11.4. The van der Waals surface area contributed by atoms with Crippen molar-refractivity contribution in [3.8, 4) is 0 Å². The minimum absolute atomic E-state index is 0.103. The molecule has 0 aromatic rings. The minimum Gasteiger partial charge on any atom is -0.462 e. The van der Waals surface area contributed by atoms with Crippen LogP contribution in [-0.2, 0) is 65.4 Å². The van der Waals surface area contributed by atoms with Gasteiger partial charge >= 0.3 is 39.5 Å². The van der Waals surface area contributed by atoms with Crippen molar-refractivity contribution in [2.75, 3.05) is 39.6 Å². The lowest BCUT2D eigenvalue weighted by Crippen LogP contribution is -2.30. The number of ether oxygens (including phenoxy) is 4. The molecule has 0 aliphatic carbocycles. The first-order valence-electron chi connectivity index (χ1n) is 34.6. The number of phosphoric ester groups is 2. The molecular weight excluding hydrogens is 1130 g/mol. The standard InChI is InChI=1S/C66H128O17P2/c1-7-11-13-15-17-19-21-22-23-25-31-38-44-50-65(70)82-61(54-77-64(69)49-43-37-30-27-26-28-34-40-46-58(5)9-3)56-80-84(72,73)78-52-60(67)53-79-85(74,75)81-57-62(83-66(71)51-45-39-33-32-35-41-47-59(6)10-4)55-76-63(68)48-42-36-29-24-20-18-16-14-12-8-2/h58-62,67H,7-57H2,1-6H3,(H,72,73)(H,74,75)/t58?,59?,60-,61-,62-/m1/s1. The van der Waals surface area contributed by atoms with E-state index in [0.717, 1.165) is 102 Å². The van der Waals surface area contributed by atoms with E-state index in [1.807, 2.05) is 0 Å². The molecule has 0 bridgehead atoms. The van der Waals surface area contributed by atoms with Gasteiger partial charge in [-0.15, -0.1) is 0 Å². The average molecular weight is 1260 g/mol. The van der Waals surface area contributed by atoms with Crippen LogP contribution in [0.1, 0.15) is 330 Å². The second-order valence-electron chi connectivity index (χ2n) is 24.3. The SMILES string of the molecule is CCCCCCCCCCCCCCCC(=O)O[C@H](COC(=O)CCCCCCCCCCC(C)CC)COP(=O)(O)OC[C@@H](O)COP(=O)(O)OC[C@@H](COC(=O)CCCCCCCCCCCC)OC(=O)CCCCCCCCC(C)CC. The van der Waals surface area contributed by atoms with Crippen molar-refractivity contribution in [3.05, 3.63) is 0 Å². The first-order chi connectivity index (χ1) is 40.9. The Labute approximate surface area is 517 Å². The van der Waals surface area contributed by atoms with Crippen LogP contribution in [0.25, 0.3) is 0 Å². The number of unbranched alkanes of at least 4 members (excludes halogenated alkanes) is 33. The predicted molar refractivity (Wildman–Crippen MR) is 340 cm³/mol. The molecule has 504 valence electrons. The van der Waals surface area contributed by atoms with Crippen molar-refractivity contribution < 1.29 is 80.2 Å².